The molecule has 0 amide bonds. The minimum atomic E-state index is 0.492. The van der Waals surface area contributed by atoms with Crippen LogP contribution >= 0.6 is 0 Å². The maximum atomic E-state index is 4.08. The molecule has 1 fully saturated rings. The molecular formula is C17H21N3. The molecule has 1 unspecified atom stereocenters. The van der Waals surface area contributed by atoms with Crippen LogP contribution in [-0.2, 0) is 6.42 Å². The minimum Gasteiger partial charge on any atom is -0.314 e. The predicted molar refractivity (Wildman–Crippen MR) is 81.6 cm³/mol. The number of rotatable bonds is 4. The third-order valence-electron chi connectivity index (χ3n) is 3.98. The summed E-state index contributed by atoms with van der Waals surface area (Å²) in [4.78, 5) is 6.67. The summed E-state index contributed by atoms with van der Waals surface area (Å²) >= 11 is 0. The number of pyridine rings is 1. The zero-order valence-corrected chi connectivity index (χ0v) is 11.7. The van der Waals surface area contributed by atoms with Crippen molar-refractivity contribution < 1.29 is 0 Å². The topological polar surface area (TPSA) is 28.2 Å². The van der Waals surface area contributed by atoms with Gasteiger partial charge in [0.15, 0.2) is 0 Å². The molecule has 0 bridgehead atoms. The Bertz CT molecular complexity index is 512. The van der Waals surface area contributed by atoms with E-state index in [4.69, 9.17) is 0 Å². The molecule has 1 N–H and O–H groups in total. The Kier molecular flexibility index (Phi) is 4.41. The van der Waals surface area contributed by atoms with Gasteiger partial charge in [-0.1, -0.05) is 30.3 Å². The van der Waals surface area contributed by atoms with Gasteiger partial charge in [-0.25, -0.2) is 0 Å². The number of nitrogens with one attached hydrogen (secondary N) is 1. The molecule has 1 aromatic carbocycles. The second-order valence-electron chi connectivity index (χ2n) is 5.27. The Hall–Kier alpha value is -1.71. The first-order valence-corrected chi connectivity index (χ1v) is 7.32. The molecule has 0 radical (unpaired) electrons. The van der Waals surface area contributed by atoms with Crippen LogP contribution in [0.5, 0.6) is 0 Å². The zero-order chi connectivity index (χ0) is 13.6. The fraction of sp³-hybridized carbons (Fsp3) is 0.353. The first kappa shape index (κ1) is 13.3. The third-order valence-corrected chi connectivity index (χ3v) is 3.98. The molecule has 3 heteroatoms. The van der Waals surface area contributed by atoms with Gasteiger partial charge < -0.3 is 5.32 Å². The van der Waals surface area contributed by atoms with Crippen LogP contribution in [0.3, 0.4) is 0 Å². The lowest BCUT2D eigenvalue weighted by molar-refractivity contribution is 0.164. The van der Waals surface area contributed by atoms with Crippen LogP contribution in [0, 0.1) is 0 Å². The molecule has 3 rings (SSSR count). The van der Waals surface area contributed by atoms with Gasteiger partial charge >= 0.3 is 0 Å². The van der Waals surface area contributed by atoms with Gasteiger partial charge in [-0.2, -0.15) is 0 Å². The maximum Gasteiger partial charge on any atom is 0.0473 e. The van der Waals surface area contributed by atoms with Crippen molar-refractivity contribution in [3.05, 3.63) is 66.0 Å². The van der Waals surface area contributed by atoms with Crippen LogP contribution in [0.1, 0.15) is 17.2 Å². The van der Waals surface area contributed by atoms with Gasteiger partial charge in [0.2, 0.25) is 0 Å². The molecule has 104 valence electrons. The molecule has 0 saturated carbocycles. The van der Waals surface area contributed by atoms with E-state index in [0.717, 1.165) is 32.6 Å². The van der Waals surface area contributed by atoms with Crippen molar-refractivity contribution in [2.75, 3.05) is 26.2 Å². The summed E-state index contributed by atoms with van der Waals surface area (Å²) in [5.41, 5.74) is 2.78. The highest BCUT2D eigenvalue weighted by Gasteiger charge is 2.22. The molecular weight excluding hydrogens is 246 g/mol. The smallest absolute Gasteiger partial charge is 0.0473 e. The quantitative estimate of drug-likeness (QED) is 0.921. The standard InChI is InChI=1S/C17H21N3/c1-2-4-16(5-3-1)17-14-19-11-13-20(17)12-8-15-6-9-18-10-7-15/h1-7,9-10,17,19H,8,11-14H2. The fourth-order valence-corrected chi connectivity index (χ4v) is 2.84. The summed E-state index contributed by atoms with van der Waals surface area (Å²) in [7, 11) is 0. The minimum absolute atomic E-state index is 0.492. The van der Waals surface area contributed by atoms with Crippen LogP contribution in [0.25, 0.3) is 0 Å². The van der Waals surface area contributed by atoms with Gasteiger partial charge in [0.25, 0.3) is 0 Å². The molecule has 1 atom stereocenters. The number of aromatic nitrogens is 1. The molecule has 2 aromatic rings. The van der Waals surface area contributed by atoms with Gasteiger partial charge in [0.1, 0.15) is 0 Å². The number of benzene rings is 1. The number of nitrogens with zero attached hydrogens (tertiary/aromatic N) is 2. The lowest BCUT2D eigenvalue weighted by Crippen LogP contribution is -2.46. The first-order chi connectivity index (χ1) is 9.93. The van der Waals surface area contributed by atoms with Gasteiger partial charge in [0, 0.05) is 44.6 Å². The highest BCUT2D eigenvalue weighted by molar-refractivity contribution is 5.20. The van der Waals surface area contributed by atoms with Crippen LogP contribution in [0.15, 0.2) is 54.9 Å². The molecule has 0 spiro atoms. The summed E-state index contributed by atoms with van der Waals surface area (Å²) in [5, 5.41) is 3.51. The highest BCUT2D eigenvalue weighted by Crippen LogP contribution is 2.22. The van der Waals surface area contributed by atoms with Crippen molar-refractivity contribution in [1.82, 2.24) is 15.2 Å². The van der Waals surface area contributed by atoms with E-state index < -0.39 is 0 Å². The van der Waals surface area contributed by atoms with Crippen LogP contribution in [0.4, 0.5) is 0 Å². The van der Waals surface area contributed by atoms with Gasteiger partial charge in [-0.05, 0) is 29.7 Å². The van der Waals surface area contributed by atoms with Crippen molar-refractivity contribution in [3.63, 3.8) is 0 Å². The van der Waals surface area contributed by atoms with E-state index in [-0.39, 0.29) is 0 Å². The second kappa shape index (κ2) is 6.64. The van der Waals surface area contributed by atoms with Gasteiger partial charge in [-0.3, -0.25) is 9.88 Å². The first-order valence-electron chi connectivity index (χ1n) is 7.32. The Morgan fingerprint density at radius 3 is 2.70 bits per heavy atom. The van der Waals surface area contributed by atoms with E-state index in [1.165, 1.54) is 11.1 Å². The largest absolute Gasteiger partial charge is 0.314 e. The van der Waals surface area contributed by atoms with E-state index in [1.54, 1.807) is 0 Å². The predicted octanol–water partition coefficient (Wildman–Crippen LogP) is 2.27. The summed E-state index contributed by atoms with van der Waals surface area (Å²) < 4.78 is 0. The van der Waals surface area contributed by atoms with Crippen molar-refractivity contribution in [2.24, 2.45) is 0 Å². The Balaban J connectivity index is 1.67. The molecule has 1 saturated heterocycles. The van der Waals surface area contributed by atoms with Crippen LogP contribution in [-0.4, -0.2) is 36.1 Å². The van der Waals surface area contributed by atoms with Gasteiger partial charge in [-0.15, -0.1) is 0 Å². The van der Waals surface area contributed by atoms with Crippen molar-refractivity contribution in [1.29, 1.82) is 0 Å². The SMILES string of the molecule is c1ccc(C2CNCCN2CCc2ccncc2)cc1. The molecule has 2 heterocycles. The molecule has 3 nitrogen and oxygen atoms in total. The second-order valence-corrected chi connectivity index (χ2v) is 5.27. The lowest BCUT2D eigenvalue weighted by Gasteiger charge is -2.36. The van der Waals surface area contributed by atoms with E-state index in [0.29, 0.717) is 6.04 Å². The summed E-state index contributed by atoms with van der Waals surface area (Å²) in [5.74, 6) is 0. The number of hydrogen-bond donors (Lipinski definition) is 1. The van der Waals surface area contributed by atoms with E-state index in [9.17, 15) is 0 Å². The average Bonchev–Trinajstić information content (AvgIpc) is 2.55. The van der Waals surface area contributed by atoms with E-state index in [2.05, 4.69) is 57.7 Å². The zero-order valence-electron chi connectivity index (χ0n) is 11.7. The van der Waals surface area contributed by atoms with E-state index >= 15 is 0 Å². The summed E-state index contributed by atoms with van der Waals surface area (Å²) in [6.07, 6.45) is 4.84. The molecule has 1 aromatic heterocycles. The Morgan fingerprint density at radius 2 is 1.90 bits per heavy atom. The normalized spacial score (nSPS) is 19.9. The van der Waals surface area contributed by atoms with E-state index in [1.807, 2.05) is 12.4 Å². The maximum absolute atomic E-state index is 4.08. The Labute approximate surface area is 120 Å². The third kappa shape index (κ3) is 3.24. The monoisotopic (exact) mass is 267 g/mol. The van der Waals surface area contributed by atoms with Crippen molar-refractivity contribution in [3.8, 4) is 0 Å². The summed E-state index contributed by atoms with van der Waals surface area (Å²) in [6.45, 7) is 4.34. The molecule has 1 aliphatic rings. The van der Waals surface area contributed by atoms with Crippen molar-refractivity contribution >= 4 is 0 Å². The highest BCUT2D eigenvalue weighted by atomic mass is 15.2. The fourth-order valence-electron chi connectivity index (χ4n) is 2.84. The van der Waals surface area contributed by atoms with Crippen LogP contribution in [0.2, 0.25) is 0 Å². The molecule has 1 aliphatic heterocycles. The number of hydrogen-bond acceptors (Lipinski definition) is 3. The molecule has 20 heavy (non-hydrogen) atoms. The Morgan fingerprint density at radius 1 is 1.10 bits per heavy atom. The average molecular weight is 267 g/mol. The van der Waals surface area contributed by atoms with Crippen molar-refractivity contribution in [2.45, 2.75) is 12.5 Å². The molecule has 0 aliphatic carbocycles. The van der Waals surface area contributed by atoms with Crippen LogP contribution < -0.4 is 5.32 Å². The summed E-state index contributed by atoms with van der Waals surface area (Å²) in [6, 6.07) is 15.5. The lowest BCUT2D eigenvalue weighted by atomic mass is 10.0. The number of piperazine rings is 1. The van der Waals surface area contributed by atoms with Gasteiger partial charge in [0.05, 0.1) is 0 Å².